The maximum Gasteiger partial charge on any atom is 0.227 e. The van der Waals surface area contributed by atoms with Crippen LogP contribution < -0.4 is 10.1 Å². The number of thiophene rings is 1. The maximum absolute atomic E-state index is 6.22. The molecule has 1 fully saturated rings. The highest BCUT2D eigenvalue weighted by molar-refractivity contribution is 7.18. The molecule has 0 amide bonds. The lowest BCUT2D eigenvalue weighted by atomic mass is 9.98. The number of anilines is 1. The zero-order valence-electron chi connectivity index (χ0n) is 12.8. The molecular weight excluding hydrogens is 282 g/mol. The van der Waals surface area contributed by atoms with Gasteiger partial charge in [0.2, 0.25) is 11.8 Å². The third kappa shape index (κ3) is 3.46. The van der Waals surface area contributed by atoms with E-state index in [4.69, 9.17) is 4.74 Å². The molecule has 1 aliphatic carbocycles. The molecule has 2 aromatic rings. The summed E-state index contributed by atoms with van der Waals surface area (Å²) in [5.41, 5.74) is 0. The molecule has 2 aromatic heterocycles. The van der Waals surface area contributed by atoms with Gasteiger partial charge in [0.05, 0.1) is 5.39 Å². The number of nitrogens with zero attached hydrogens (tertiary/aromatic N) is 2. The molecule has 4 nitrogen and oxygen atoms in total. The first-order valence-corrected chi connectivity index (χ1v) is 8.76. The van der Waals surface area contributed by atoms with Crippen LogP contribution in [0.25, 0.3) is 10.2 Å². The second kappa shape index (κ2) is 6.60. The summed E-state index contributed by atoms with van der Waals surface area (Å²) in [5.74, 6) is 1.45. The quantitative estimate of drug-likeness (QED) is 0.881. The van der Waals surface area contributed by atoms with Gasteiger partial charge in [-0.05, 0) is 45.1 Å². The predicted octanol–water partition coefficient (Wildman–Crippen LogP) is 4.53. The van der Waals surface area contributed by atoms with Crippen molar-refractivity contribution >= 4 is 27.5 Å². The molecule has 5 heteroatoms. The zero-order chi connectivity index (χ0) is 14.7. The molecule has 0 saturated heterocycles. The third-order valence-corrected chi connectivity index (χ3v) is 4.79. The maximum atomic E-state index is 6.22. The van der Waals surface area contributed by atoms with E-state index in [0.29, 0.717) is 12.1 Å². The molecule has 0 radical (unpaired) electrons. The average molecular weight is 305 g/mol. The molecule has 0 unspecified atom stereocenters. The summed E-state index contributed by atoms with van der Waals surface area (Å²) in [7, 11) is 0. The summed E-state index contributed by atoms with van der Waals surface area (Å²) in [4.78, 5) is 11.5. The first-order valence-electron chi connectivity index (χ1n) is 7.95. The highest BCUT2D eigenvalue weighted by atomic mass is 32.1. The van der Waals surface area contributed by atoms with Gasteiger partial charge in [-0.25, -0.2) is 4.98 Å². The molecular formula is C16H23N3OS. The summed E-state index contributed by atoms with van der Waals surface area (Å²) in [6.07, 6.45) is 7.53. The topological polar surface area (TPSA) is 47.0 Å². The molecule has 1 aliphatic rings. The van der Waals surface area contributed by atoms with Crippen molar-refractivity contribution in [3.8, 4) is 5.88 Å². The summed E-state index contributed by atoms with van der Waals surface area (Å²) in [5, 5.41) is 4.34. The van der Waals surface area contributed by atoms with Crippen LogP contribution in [0.1, 0.15) is 50.3 Å². The van der Waals surface area contributed by atoms with Crippen molar-refractivity contribution in [2.75, 3.05) is 11.9 Å². The van der Waals surface area contributed by atoms with E-state index in [1.165, 1.54) is 24.1 Å². The highest BCUT2D eigenvalue weighted by Crippen LogP contribution is 2.33. The molecule has 114 valence electrons. The minimum atomic E-state index is 0.316. The van der Waals surface area contributed by atoms with Crippen LogP contribution in [-0.2, 0) is 0 Å². The Kier molecular flexibility index (Phi) is 4.58. The number of aromatic nitrogens is 2. The Morgan fingerprint density at radius 2 is 2.10 bits per heavy atom. The van der Waals surface area contributed by atoms with Gasteiger partial charge in [0.15, 0.2) is 0 Å². The van der Waals surface area contributed by atoms with Crippen molar-refractivity contribution in [2.24, 2.45) is 0 Å². The van der Waals surface area contributed by atoms with Gasteiger partial charge in [0, 0.05) is 11.4 Å². The van der Waals surface area contributed by atoms with Crippen LogP contribution in [0.2, 0.25) is 0 Å². The number of nitrogens with one attached hydrogen (secondary N) is 1. The Morgan fingerprint density at radius 3 is 2.86 bits per heavy atom. The molecule has 1 saturated carbocycles. The zero-order valence-corrected chi connectivity index (χ0v) is 13.6. The fourth-order valence-electron chi connectivity index (χ4n) is 2.76. The molecule has 0 spiro atoms. The van der Waals surface area contributed by atoms with Gasteiger partial charge < -0.3 is 10.1 Å². The van der Waals surface area contributed by atoms with Gasteiger partial charge in [0.25, 0.3) is 0 Å². The molecule has 1 N–H and O–H groups in total. The van der Waals surface area contributed by atoms with Crippen LogP contribution in [0.15, 0.2) is 6.07 Å². The fourth-order valence-corrected chi connectivity index (χ4v) is 3.63. The molecule has 0 aliphatic heterocycles. The minimum Gasteiger partial charge on any atom is -0.474 e. The van der Waals surface area contributed by atoms with Gasteiger partial charge in [0.1, 0.15) is 10.9 Å². The third-order valence-electron chi connectivity index (χ3n) is 3.84. The Labute approximate surface area is 129 Å². The molecule has 0 atom stereocenters. The Bertz CT molecular complexity index is 605. The lowest BCUT2D eigenvalue weighted by Crippen LogP contribution is -2.20. The first-order chi connectivity index (χ1) is 10.3. The molecule has 0 aromatic carbocycles. The van der Waals surface area contributed by atoms with E-state index in [2.05, 4.69) is 35.2 Å². The first kappa shape index (κ1) is 14.6. The number of hydrogen-bond donors (Lipinski definition) is 1. The Morgan fingerprint density at radius 1 is 1.29 bits per heavy atom. The Balaban J connectivity index is 1.89. The standard InChI is InChI=1S/C16H23N3OS/c1-3-9-17-16-18-14(20-12-7-5-4-6-8-12)13-10-11(2)21-15(13)19-16/h10,12H,3-9H2,1-2H3,(H,17,18,19). The van der Waals surface area contributed by atoms with Crippen molar-refractivity contribution in [3.63, 3.8) is 0 Å². The molecule has 0 bridgehead atoms. The minimum absolute atomic E-state index is 0.316. The van der Waals surface area contributed by atoms with E-state index in [1.807, 2.05) is 0 Å². The molecule has 3 rings (SSSR count). The number of aryl methyl sites for hydroxylation is 1. The fraction of sp³-hybridized carbons (Fsp3) is 0.625. The number of hydrogen-bond acceptors (Lipinski definition) is 5. The summed E-state index contributed by atoms with van der Waals surface area (Å²) < 4.78 is 6.22. The predicted molar refractivity (Wildman–Crippen MR) is 88.4 cm³/mol. The van der Waals surface area contributed by atoms with E-state index in [9.17, 15) is 0 Å². The van der Waals surface area contributed by atoms with E-state index in [1.54, 1.807) is 11.3 Å². The van der Waals surface area contributed by atoms with Gasteiger partial charge in [-0.15, -0.1) is 11.3 Å². The molecule has 21 heavy (non-hydrogen) atoms. The Hall–Kier alpha value is -1.36. The second-order valence-electron chi connectivity index (χ2n) is 5.73. The normalized spacial score (nSPS) is 16.3. The van der Waals surface area contributed by atoms with Gasteiger partial charge in [-0.3, -0.25) is 0 Å². The van der Waals surface area contributed by atoms with Gasteiger partial charge in [-0.1, -0.05) is 13.3 Å². The van der Waals surface area contributed by atoms with Crippen molar-refractivity contribution in [3.05, 3.63) is 10.9 Å². The largest absolute Gasteiger partial charge is 0.474 e. The van der Waals surface area contributed by atoms with Crippen molar-refractivity contribution in [2.45, 2.75) is 58.5 Å². The van der Waals surface area contributed by atoms with E-state index < -0.39 is 0 Å². The number of ether oxygens (including phenoxy) is 1. The van der Waals surface area contributed by atoms with E-state index in [-0.39, 0.29) is 0 Å². The van der Waals surface area contributed by atoms with Gasteiger partial charge in [-0.2, -0.15) is 4.98 Å². The van der Waals surface area contributed by atoms with Gasteiger partial charge >= 0.3 is 0 Å². The van der Waals surface area contributed by atoms with Crippen LogP contribution in [0.4, 0.5) is 5.95 Å². The lowest BCUT2D eigenvalue weighted by molar-refractivity contribution is 0.151. The summed E-state index contributed by atoms with van der Waals surface area (Å²) in [6.45, 7) is 5.13. The SMILES string of the molecule is CCCNc1nc(OC2CCCCC2)c2cc(C)sc2n1. The highest BCUT2D eigenvalue weighted by Gasteiger charge is 2.19. The van der Waals surface area contributed by atoms with Crippen LogP contribution >= 0.6 is 11.3 Å². The monoisotopic (exact) mass is 305 g/mol. The van der Waals surface area contributed by atoms with Crippen LogP contribution in [0.5, 0.6) is 5.88 Å². The average Bonchev–Trinajstić information content (AvgIpc) is 2.87. The van der Waals surface area contributed by atoms with Crippen LogP contribution in [0.3, 0.4) is 0 Å². The van der Waals surface area contributed by atoms with Crippen LogP contribution in [0, 0.1) is 6.92 Å². The van der Waals surface area contributed by atoms with Crippen molar-refractivity contribution in [1.29, 1.82) is 0 Å². The van der Waals surface area contributed by atoms with Crippen molar-refractivity contribution in [1.82, 2.24) is 9.97 Å². The van der Waals surface area contributed by atoms with Crippen LogP contribution in [-0.4, -0.2) is 22.6 Å². The van der Waals surface area contributed by atoms with E-state index in [0.717, 1.165) is 41.9 Å². The lowest BCUT2D eigenvalue weighted by Gasteiger charge is -2.22. The molecule has 2 heterocycles. The van der Waals surface area contributed by atoms with E-state index >= 15 is 0 Å². The van der Waals surface area contributed by atoms with Crippen molar-refractivity contribution < 1.29 is 4.74 Å². The number of fused-ring (bicyclic) bond motifs is 1. The summed E-state index contributed by atoms with van der Waals surface area (Å²) in [6, 6.07) is 2.14. The second-order valence-corrected chi connectivity index (χ2v) is 6.97. The summed E-state index contributed by atoms with van der Waals surface area (Å²) >= 11 is 1.70. The number of rotatable bonds is 5. The smallest absolute Gasteiger partial charge is 0.227 e.